The van der Waals surface area contributed by atoms with Crippen molar-refractivity contribution in [1.29, 1.82) is 0 Å². The van der Waals surface area contributed by atoms with Gasteiger partial charge in [-0.1, -0.05) is 139 Å². The zero-order valence-electron chi connectivity index (χ0n) is 83.2. The van der Waals surface area contributed by atoms with Crippen LogP contribution in [0.15, 0.2) is 173 Å². The Bertz CT molecular complexity index is 5550. The molecule has 12 unspecified atom stereocenters. The van der Waals surface area contributed by atoms with Crippen LogP contribution in [-0.4, -0.2) is 385 Å². The van der Waals surface area contributed by atoms with Crippen LogP contribution in [0.2, 0.25) is 0 Å². The predicted molar refractivity (Wildman–Crippen MR) is 533 cm³/mol. The van der Waals surface area contributed by atoms with Crippen LogP contribution in [0.3, 0.4) is 0 Å². The van der Waals surface area contributed by atoms with E-state index in [1.165, 1.54) is 65.9 Å². The molecule has 0 spiro atoms. The first-order valence-corrected chi connectivity index (χ1v) is 52.5. The van der Waals surface area contributed by atoms with E-state index < -0.39 is 213 Å². The van der Waals surface area contributed by atoms with Gasteiger partial charge in [-0.05, 0) is 167 Å². The van der Waals surface area contributed by atoms with E-state index in [-0.39, 0.29) is 99.2 Å². The summed E-state index contributed by atoms with van der Waals surface area (Å²) in [6, 6.07) is 41.8. The lowest BCUT2D eigenvalue weighted by molar-refractivity contribution is -0.290. The maximum absolute atomic E-state index is 12.7. The maximum Gasteiger partial charge on any atom is 0.231 e. The molecule has 44 heteroatoms. The van der Waals surface area contributed by atoms with Crippen LogP contribution >= 0.6 is 0 Å². The van der Waals surface area contributed by atoms with Crippen molar-refractivity contribution in [3.05, 3.63) is 213 Å². The van der Waals surface area contributed by atoms with E-state index in [1.54, 1.807) is 120 Å². The average Bonchev–Trinajstić information content (AvgIpc) is 1.35. The van der Waals surface area contributed by atoms with Crippen molar-refractivity contribution in [2.45, 2.75) is 281 Å². The summed E-state index contributed by atoms with van der Waals surface area (Å²) in [5, 5.41) is 179. The molecule has 13 rings (SSSR count). The van der Waals surface area contributed by atoms with Crippen LogP contribution in [0.25, 0.3) is 30.4 Å². The van der Waals surface area contributed by atoms with Crippen molar-refractivity contribution in [1.82, 2.24) is 0 Å². The van der Waals surface area contributed by atoms with Crippen LogP contribution in [-0.2, 0) is 91.3 Å². The molecule has 6 saturated heterocycles. The smallest absolute Gasteiger partial charge is 0.231 e. The number of aryl methyl sites for hydroxylation is 3. The maximum atomic E-state index is 12.7. The second-order valence-electron chi connectivity index (χ2n) is 35.9. The van der Waals surface area contributed by atoms with Gasteiger partial charge in [-0.3, -0.25) is 14.4 Å². The van der Waals surface area contributed by atoms with Gasteiger partial charge in [0, 0.05) is 58.5 Å². The number of benzene rings is 6. The molecule has 41 nitrogen and oxygen atoms in total. The van der Waals surface area contributed by atoms with Crippen molar-refractivity contribution >= 4 is 77.2 Å². The van der Waals surface area contributed by atoms with E-state index in [2.05, 4.69) is 0 Å². The minimum absolute atomic E-state index is 0.0354. The number of carbonyl (C=O) groups is 3. The number of allylic oxidation sites excluding steroid dienone is 3. The first-order chi connectivity index (χ1) is 69.6. The molecule has 6 aromatic carbocycles. The molecule has 18 N–H and O–H groups in total. The summed E-state index contributed by atoms with van der Waals surface area (Å²) in [5.41, 5.74) is 6.42. The highest BCUT2D eigenvalue weighted by Gasteiger charge is 2.49. The fraction of sp³-hybridized carbons (Fsp3) is 0.524. The second kappa shape index (κ2) is 59.1. The Kier molecular flexibility index (Phi) is 49.5. The third-order valence-electron chi connectivity index (χ3n) is 25.0. The van der Waals surface area contributed by atoms with Gasteiger partial charge in [0.25, 0.3) is 0 Å². The Morgan fingerprint density at radius 1 is 0.313 bits per heavy atom. The monoisotopic (exact) mass is 2130 g/mol. The molecular weight excluding hydrogens is 1990 g/mol. The molecule has 6 aromatic rings. The molecular formula is C103H140O41S3. The van der Waals surface area contributed by atoms with E-state index in [0.717, 1.165) is 44.2 Å². The third-order valence-corrected chi connectivity index (χ3v) is 29.8. The van der Waals surface area contributed by atoms with Gasteiger partial charge in [-0.25, -0.2) is 25.3 Å². The average molecular weight is 2130 g/mol. The Hall–Kier alpha value is -9.04. The number of ether oxygens (including phenoxy) is 14. The molecule has 0 radical (unpaired) electrons. The number of aliphatic hydroxyl groups excluding tert-OH is 18. The van der Waals surface area contributed by atoms with Gasteiger partial charge in [0.2, 0.25) is 6.79 Å². The molecule has 0 aliphatic carbocycles. The minimum atomic E-state index is -3.54. The zero-order chi connectivity index (χ0) is 108. The number of carbonyl (C=O) groups excluding carboxylic acids is 3. The number of rotatable bonds is 35. The second-order valence-corrected chi connectivity index (χ2v) is 42.0. The standard InChI is InChI=1S/C19H26O8.C18H22O8.C17H26O6S.C17H22O6.C16H22O7S.C16H22O6S/c1-24-13-8-5-11(10-15(13)25-2)4-6-12(20)7-9-14-16(21)17(22)18(23)19(26-3)27-14;1-23-18-17(22)16(21)15(20)13(26-18)7-5-11(19)4-2-10-3-6-12-14(8-10)25-9-24-12;1-9-7-10(2)17(11(3)8-9)24(21,22)6-5-13-15(19)16(20)14(18)12(4)23-13;1-22-17-16(21)15(20)14(19)13(23-17)10-9-12(18)8-7-11-5-3-2-4-6-11;1-22-16-15(19)14(18)13(17)12(23-16)8-10-24(20,21)9-7-11-5-3-2-4-6-11;1-11-14(17)16(19)15(18)13(22-11)8-10-23(20,21)9-7-12-5-3-2-4-6-12/h4-6,8,10,14,16-19,21-23H,7,9H2,1-3H3;2-4,6,8,13,15-18,20-22H,5,7,9H2,1H3;7-8,12-16,18-20H,5-6H2,1-4H3;2-8,13-17,19-21H,9-10H2,1H3;2-7,9,12-19H,8,10H2,1H3;2-7,9,11,13-19H,8,10H2,1H3/b6-4+;4-2+;;8-7+;2*9-7+/t14-,16?,17-,18+,19?;13-,15?,16-,17+,18?;12?,13-,14-,15?,16+;13-,14?,15-,16+,17?;12-,13?,14-,15+,16?;11?,13-,14-,15?,16+/m111111/s1. The summed E-state index contributed by atoms with van der Waals surface area (Å²) >= 11 is 0. The Labute approximate surface area is 854 Å². The lowest BCUT2D eigenvalue weighted by Crippen LogP contribution is -2.58. The van der Waals surface area contributed by atoms with Crippen LogP contribution in [0.1, 0.15) is 116 Å². The molecule has 0 bridgehead atoms. The van der Waals surface area contributed by atoms with Gasteiger partial charge in [0.05, 0.1) is 85.2 Å². The molecule has 7 heterocycles. The third kappa shape index (κ3) is 36.6. The van der Waals surface area contributed by atoms with Crippen LogP contribution in [0.5, 0.6) is 23.0 Å². The van der Waals surface area contributed by atoms with Crippen LogP contribution in [0, 0.1) is 20.8 Å². The zero-order valence-corrected chi connectivity index (χ0v) is 85.7. The Morgan fingerprint density at radius 2 is 0.605 bits per heavy atom. The molecule has 6 fully saturated rings. The number of aliphatic hydroxyl groups is 18. The topological polar surface area (TPSA) is 647 Å². The largest absolute Gasteiger partial charge is 0.493 e. The van der Waals surface area contributed by atoms with E-state index in [4.69, 9.17) is 66.3 Å². The highest BCUT2D eigenvalue weighted by atomic mass is 32.2. The molecule has 0 aromatic heterocycles. The Morgan fingerprint density at radius 3 is 0.946 bits per heavy atom. The van der Waals surface area contributed by atoms with Crippen molar-refractivity contribution in [2.75, 3.05) is 66.7 Å². The summed E-state index contributed by atoms with van der Waals surface area (Å²) in [5.74, 6) is 1.34. The van der Waals surface area contributed by atoms with E-state index >= 15 is 0 Å². The van der Waals surface area contributed by atoms with Gasteiger partial charge in [-0.15, -0.1) is 0 Å². The summed E-state index contributed by atoms with van der Waals surface area (Å²) in [4.78, 5) is 36.4. The number of hydrogen-bond donors (Lipinski definition) is 18. The Balaban J connectivity index is 0.000000215. The molecule has 147 heavy (non-hydrogen) atoms. The molecule has 816 valence electrons. The van der Waals surface area contributed by atoms with Gasteiger partial charge >= 0.3 is 0 Å². The fourth-order valence-corrected chi connectivity index (χ4v) is 20.5. The van der Waals surface area contributed by atoms with Gasteiger partial charge in [0.1, 0.15) is 110 Å². The number of hydrogen-bond acceptors (Lipinski definition) is 41. The van der Waals surface area contributed by atoms with Crippen LogP contribution < -0.4 is 18.9 Å². The number of sulfone groups is 3. The highest BCUT2D eigenvalue weighted by molar-refractivity contribution is 7.94. The quantitative estimate of drug-likeness (QED) is 0.0253. The summed E-state index contributed by atoms with van der Waals surface area (Å²) in [6.07, 6.45) is -21.1. The number of ketones is 3. The number of methoxy groups -OCH3 is 6. The molecule has 0 saturated carbocycles. The van der Waals surface area contributed by atoms with Crippen molar-refractivity contribution < 1.29 is 198 Å². The molecule has 7 aliphatic rings. The van der Waals surface area contributed by atoms with Crippen molar-refractivity contribution in [2.24, 2.45) is 0 Å². The van der Waals surface area contributed by atoms with Crippen molar-refractivity contribution in [3.8, 4) is 23.0 Å². The number of fused-ring (bicyclic) bond motifs is 1. The summed E-state index contributed by atoms with van der Waals surface area (Å²) < 4.78 is 147. The fourth-order valence-electron chi connectivity index (χ4n) is 16.6. The van der Waals surface area contributed by atoms with Gasteiger partial charge in [0.15, 0.2) is 95.0 Å². The molecule has 7 aliphatic heterocycles. The van der Waals surface area contributed by atoms with E-state index in [1.807, 2.05) is 79.7 Å². The van der Waals surface area contributed by atoms with Gasteiger partial charge < -0.3 is 158 Å². The van der Waals surface area contributed by atoms with E-state index in [9.17, 15) is 132 Å². The van der Waals surface area contributed by atoms with Crippen molar-refractivity contribution in [3.63, 3.8) is 0 Å². The summed E-state index contributed by atoms with van der Waals surface area (Å²) in [7, 11) is -2.17. The summed E-state index contributed by atoms with van der Waals surface area (Å²) in [6.45, 7) is 8.78. The van der Waals surface area contributed by atoms with Gasteiger partial charge in [-0.2, -0.15) is 0 Å². The first-order valence-electron chi connectivity index (χ1n) is 47.4. The normalized spacial score (nSPS) is 30.8. The SMILES string of the molecule is CC1O[C@H](CCS(=O)(=O)/C=C/c2ccccc2)C(O)[C@@H](O)[C@@H]1O.COC1O[C@H](CCC(=O)/C=C/c2ccc3c(c2)OCO3)C(O)[C@@H](O)[C@@H]1O.COC1O[C@H](CCC(=O)/C=C/c2ccccc2)C(O)[C@@H](O)[C@@H]1O.COC1O[C@H](CCS(=O)(=O)/C=C/c2ccccc2)C(O)[C@@H](O)[C@@H]1O.COc1ccc(/C=C/C(=O)CC[C@H]2OC(OC)[C@@H](O)[C@H](O)C2O)cc1OC.Cc1cc(C)c(S(=O)(=O)CC[C@H]2OC(C)[C@@H](O)[C@H](O)C2O)c(C)c1. The van der Waals surface area contributed by atoms with Crippen LogP contribution in [0.4, 0.5) is 0 Å². The van der Waals surface area contributed by atoms with E-state index in [0.29, 0.717) is 39.0 Å². The lowest BCUT2D eigenvalue weighted by Gasteiger charge is -2.39. The lowest BCUT2D eigenvalue weighted by atomic mass is 9.94. The predicted octanol–water partition coefficient (Wildman–Crippen LogP) is 2.15. The first kappa shape index (κ1) is 123. The molecule has 0 amide bonds. The minimum Gasteiger partial charge on any atom is -0.493 e. The molecule has 30 atom stereocenters. The highest BCUT2D eigenvalue weighted by Crippen LogP contribution is 2.36.